The second kappa shape index (κ2) is 3.06. The van der Waals surface area contributed by atoms with E-state index < -0.39 is 0 Å². The molecule has 0 radical (unpaired) electrons. The Morgan fingerprint density at radius 3 is 2.14 bits per heavy atom. The lowest BCUT2D eigenvalue weighted by atomic mass is 10.7. The Bertz CT molecular complexity index is 130. The van der Waals surface area contributed by atoms with E-state index in [-0.39, 0.29) is 0 Å². The molecule has 2 heteroatoms. The SMILES string of the molecule is CN(C)C#CC#N. The van der Waals surface area contributed by atoms with Gasteiger partial charge in [0.1, 0.15) is 0 Å². The van der Waals surface area contributed by atoms with E-state index in [0.717, 1.165) is 0 Å². The molecule has 0 bridgehead atoms. The zero-order chi connectivity index (χ0) is 5.70. The Morgan fingerprint density at radius 2 is 2.00 bits per heavy atom. The van der Waals surface area contributed by atoms with Gasteiger partial charge in [-0.3, -0.25) is 0 Å². The van der Waals surface area contributed by atoms with Crippen molar-refractivity contribution in [1.29, 1.82) is 5.26 Å². The van der Waals surface area contributed by atoms with Crippen LogP contribution in [0.25, 0.3) is 0 Å². The normalized spacial score (nSPS) is 5.29. The fraction of sp³-hybridized carbons (Fsp3) is 0.400. The highest BCUT2D eigenvalue weighted by atomic mass is 15.0. The summed E-state index contributed by atoms with van der Waals surface area (Å²) >= 11 is 0. The van der Waals surface area contributed by atoms with Crippen molar-refractivity contribution in [3.63, 3.8) is 0 Å². The van der Waals surface area contributed by atoms with Crippen molar-refractivity contribution >= 4 is 0 Å². The molecule has 2 nitrogen and oxygen atoms in total. The summed E-state index contributed by atoms with van der Waals surface area (Å²) in [6, 6.07) is 4.21. The first-order valence-electron chi connectivity index (χ1n) is 1.84. The third-order valence-corrected chi connectivity index (χ3v) is 0.335. The van der Waals surface area contributed by atoms with Gasteiger partial charge in [-0.25, -0.2) is 0 Å². The topological polar surface area (TPSA) is 27.0 Å². The van der Waals surface area contributed by atoms with Crippen LogP contribution in [0.3, 0.4) is 0 Å². The van der Waals surface area contributed by atoms with Crippen molar-refractivity contribution in [1.82, 2.24) is 4.90 Å². The summed E-state index contributed by atoms with van der Waals surface area (Å²) in [6.45, 7) is 0. The molecule has 0 saturated heterocycles. The fourth-order valence-corrected chi connectivity index (χ4v) is 0.137. The van der Waals surface area contributed by atoms with Gasteiger partial charge in [0.15, 0.2) is 6.07 Å². The van der Waals surface area contributed by atoms with Gasteiger partial charge < -0.3 is 4.90 Å². The molecule has 7 heavy (non-hydrogen) atoms. The molecule has 0 atom stereocenters. The second-order valence-corrected chi connectivity index (χ2v) is 1.24. The third-order valence-electron chi connectivity index (χ3n) is 0.335. The van der Waals surface area contributed by atoms with Crippen molar-refractivity contribution < 1.29 is 0 Å². The summed E-state index contributed by atoms with van der Waals surface area (Å²) in [5.74, 6) is 2.23. The number of nitrogens with zero attached hydrogens (tertiary/aromatic N) is 2. The second-order valence-electron chi connectivity index (χ2n) is 1.24. The molecule has 0 N–H and O–H groups in total. The Hall–Kier alpha value is -1.15. The maximum Gasteiger partial charge on any atom is 0.154 e. The van der Waals surface area contributed by atoms with E-state index in [1.807, 2.05) is 0 Å². The van der Waals surface area contributed by atoms with E-state index in [2.05, 4.69) is 12.0 Å². The molecule has 0 unspecified atom stereocenters. The molecule has 0 aliphatic rings. The Balaban J connectivity index is 3.50. The summed E-state index contributed by atoms with van der Waals surface area (Å²) in [6.07, 6.45) is 0. The number of rotatable bonds is 0. The van der Waals surface area contributed by atoms with E-state index in [9.17, 15) is 0 Å². The van der Waals surface area contributed by atoms with E-state index in [1.165, 1.54) is 0 Å². The van der Waals surface area contributed by atoms with E-state index in [1.54, 1.807) is 25.1 Å². The Labute approximate surface area is 43.4 Å². The van der Waals surface area contributed by atoms with Crippen LogP contribution in [0.4, 0.5) is 0 Å². The molecule has 36 valence electrons. The van der Waals surface area contributed by atoms with Crippen molar-refractivity contribution in [2.75, 3.05) is 14.1 Å². The predicted molar refractivity (Wildman–Crippen MR) is 27.1 cm³/mol. The number of hydrogen-bond acceptors (Lipinski definition) is 2. The van der Waals surface area contributed by atoms with Crippen molar-refractivity contribution in [3.05, 3.63) is 0 Å². The lowest BCUT2D eigenvalue weighted by molar-refractivity contribution is 0.597. The van der Waals surface area contributed by atoms with E-state index in [4.69, 9.17) is 5.26 Å². The maximum atomic E-state index is 7.86. The van der Waals surface area contributed by atoms with Gasteiger partial charge in [0.2, 0.25) is 0 Å². The zero-order valence-electron chi connectivity index (χ0n) is 4.39. The fourth-order valence-electron chi connectivity index (χ4n) is 0.137. The first-order chi connectivity index (χ1) is 3.27. The largest absolute Gasteiger partial charge is 0.338 e. The molecule has 0 saturated carbocycles. The van der Waals surface area contributed by atoms with E-state index in [0.29, 0.717) is 0 Å². The van der Waals surface area contributed by atoms with Crippen LogP contribution in [0, 0.1) is 23.3 Å². The number of hydrogen-bond donors (Lipinski definition) is 0. The van der Waals surface area contributed by atoms with Gasteiger partial charge in [-0.05, 0) is 0 Å². The molecular formula is C5H6N2. The summed E-state index contributed by atoms with van der Waals surface area (Å²) in [7, 11) is 3.56. The minimum absolute atomic E-state index is 1.63. The molecule has 0 rings (SSSR count). The van der Waals surface area contributed by atoms with Gasteiger partial charge >= 0.3 is 0 Å². The molecule has 0 amide bonds. The summed E-state index contributed by atoms with van der Waals surface area (Å²) in [5.41, 5.74) is 0. The average molecular weight is 94.1 g/mol. The van der Waals surface area contributed by atoms with Crippen LogP contribution >= 0.6 is 0 Å². The first kappa shape index (κ1) is 5.85. The summed E-state index contributed by atoms with van der Waals surface area (Å²) < 4.78 is 0. The first-order valence-corrected chi connectivity index (χ1v) is 1.84. The molecule has 0 spiro atoms. The maximum absolute atomic E-state index is 7.86. The molecule has 0 heterocycles. The standard InChI is InChI=1S/C5H6N2/c1-7(2)5-3-4-6/h1-2H3. The Morgan fingerprint density at radius 1 is 1.43 bits per heavy atom. The molecule has 0 aliphatic heterocycles. The molecule has 0 aromatic heterocycles. The zero-order valence-corrected chi connectivity index (χ0v) is 4.39. The lowest BCUT2D eigenvalue weighted by Crippen LogP contribution is -2.00. The quantitative estimate of drug-likeness (QED) is 0.313. The monoisotopic (exact) mass is 94.1 g/mol. The van der Waals surface area contributed by atoms with Crippen LogP contribution in [0.1, 0.15) is 0 Å². The highest BCUT2D eigenvalue weighted by Crippen LogP contribution is 1.61. The summed E-state index contributed by atoms with van der Waals surface area (Å²) in [5, 5.41) is 7.86. The highest BCUT2D eigenvalue weighted by Gasteiger charge is 1.67. The summed E-state index contributed by atoms with van der Waals surface area (Å²) in [4.78, 5) is 1.63. The van der Waals surface area contributed by atoms with Gasteiger partial charge in [0.05, 0.1) is 0 Å². The lowest BCUT2D eigenvalue weighted by Gasteiger charge is -1.94. The van der Waals surface area contributed by atoms with Gasteiger partial charge in [0.25, 0.3) is 0 Å². The Kier molecular flexibility index (Phi) is 2.55. The minimum atomic E-state index is 1.63. The van der Waals surface area contributed by atoms with Crippen molar-refractivity contribution in [2.45, 2.75) is 0 Å². The molecular weight excluding hydrogens is 88.1 g/mol. The van der Waals surface area contributed by atoms with Gasteiger partial charge in [-0.15, -0.1) is 0 Å². The minimum Gasteiger partial charge on any atom is -0.338 e. The van der Waals surface area contributed by atoms with Crippen molar-refractivity contribution in [2.24, 2.45) is 0 Å². The predicted octanol–water partition coefficient (Wildman–Crippen LogP) is 0.0325. The van der Waals surface area contributed by atoms with Gasteiger partial charge in [0, 0.05) is 26.1 Å². The van der Waals surface area contributed by atoms with Crippen LogP contribution in [0.15, 0.2) is 0 Å². The molecule has 0 aromatic carbocycles. The average Bonchev–Trinajstić information content (AvgIpc) is 1.61. The van der Waals surface area contributed by atoms with Gasteiger partial charge in [-0.2, -0.15) is 5.26 Å². The van der Waals surface area contributed by atoms with Crippen molar-refractivity contribution in [3.8, 4) is 18.0 Å². The molecule has 0 aromatic rings. The van der Waals surface area contributed by atoms with Crippen LogP contribution < -0.4 is 0 Å². The smallest absolute Gasteiger partial charge is 0.154 e. The molecule has 0 aliphatic carbocycles. The van der Waals surface area contributed by atoms with Gasteiger partial charge in [-0.1, -0.05) is 0 Å². The van der Waals surface area contributed by atoms with Crippen LogP contribution in [-0.4, -0.2) is 19.0 Å². The van der Waals surface area contributed by atoms with Crippen LogP contribution in [0.2, 0.25) is 0 Å². The number of nitriles is 1. The van der Waals surface area contributed by atoms with E-state index >= 15 is 0 Å². The van der Waals surface area contributed by atoms with Crippen LogP contribution in [0.5, 0.6) is 0 Å². The highest BCUT2D eigenvalue weighted by molar-refractivity contribution is 5.15. The third kappa shape index (κ3) is 4.85. The van der Waals surface area contributed by atoms with Crippen LogP contribution in [-0.2, 0) is 0 Å². The molecule has 0 fully saturated rings.